The molecule has 0 saturated carbocycles. The molecule has 0 heterocycles. The molecule has 0 aliphatic rings. The van der Waals surface area contributed by atoms with Gasteiger partial charge in [0.1, 0.15) is 0 Å². The Bertz CT molecular complexity index is 302. The van der Waals surface area contributed by atoms with E-state index >= 15 is 0 Å². The maximum atomic E-state index is 5.87. The second-order valence-corrected chi connectivity index (χ2v) is 2.95. The van der Waals surface area contributed by atoms with Gasteiger partial charge in [-0.1, -0.05) is 36.4 Å². The van der Waals surface area contributed by atoms with E-state index in [-0.39, 0.29) is 6.04 Å². The van der Waals surface area contributed by atoms with Crippen molar-refractivity contribution in [2.75, 3.05) is 0 Å². The number of allylic oxidation sites excluding steroid dienone is 1. The van der Waals surface area contributed by atoms with Crippen LogP contribution in [0.4, 0.5) is 0 Å². The Kier molecular flexibility index (Phi) is 3.47. The van der Waals surface area contributed by atoms with E-state index in [4.69, 9.17) is 5.73 Å². The van der Waals surface area contributed by atoms with Gasteiger partial charge in [-0.3, -0.25) is 0 Å². The standard InChI is InChI=1S/C12H15N/c1-3-7-10-8-5-6-9-11(10)12(13)4-2/h3-6,8-9,12H,1-2,7,13H2. The van der Waals surface area contributed by atoms with Crippen molar-refractivity contribution in [2.24, 2.45) is 5.73 Å². The van der Waals surface area contributed by atoms with Crippen molar-refractivity contribution in [1.29, 1.82) is 0 Å². The van der Waals surface area contributed by atoms with Crippen LogP contribution in [-0.4, -0.2) is 0 Å². The van der Waals surface area contributed by atoms with Gasteiger partial charge in [-0.15, -0.1) is 13.2 Å². The van der Waals surface area contributed by atoms with Crippen molar-refractivity contribution in [3.8, 4) is 0 Å². The number of hydrogen-bond acceptors (Lipinski definition) is 1. The largest absolute Gasteiger partial charge is 0.321 e. The minimum atomic E-state index is -0.0730. The summed E-state index contributed by atoms with van der Waals surface area (Å²) in [5.41, 5.74) is 8.24. The van der Waals surface area contributed by atoms with Crippen molar-refractivity contribution in [2.45, 2.75) is 12.5 Å². The Morgan fingerprint density at radius 3 is 2.62 bits per heavy atom. The van der Waals surface area contributed by atoms with Crippen LogP contribution in [0.1, 0.15) is 17.2 Å². The quantitative estimate of drug-likeness (QED) is 0.696. The number of benzene rings is 1. The first-order valence-corrected chi connectivity index (χ1v) is 4.36. The first kappa shape index (κ1) is 9.75. The summed E-state index contributed by atoms with van der Waals surface area (Å²) in [6.45, 7) is 7.40. The lowest BCUT2D eigenvalue weighted by Gasteiger charge is -2.11. The highest BCUT2D eigenvalue weighted by atomic mass is 14.6. The predicted molar refractivity (Wildman–Crippen MR) is 57.5 cm³/mol. The van der Waals surface area contributed by atoms with Gasteiger partial charge in [0.2, 0.25) is 0 Å². The Labute approximate surface area is 79.6 Å². The zero-order valence-electron chi connectivity index (χ0n) is 7.74. The summed E-state index contributed by atoms with van der Waals surface area (Å²) >= 11 is 0. The number of hydrogen-bond donors (Lipinski definition) is 1. The molecule has 1 atom stereocenters. The molecule has 0 bridgehead atoms. The monoisotopic (exact) mass is 173 g/mol. The van der Waals surface area contributed by atoms with E-state index in [1.165, 1.54) is 5.56 Å². The fraction of sp³-hybridized carbons (Fsp3) is 0.167. The Morgan fingerprint density at radius 2 is 2.00 bits per heavy atom. The summed E-state index contributed by atoms with van der Waals surface area (Å²) in [5.74, 6) is 0. The molecular formula is C12H15N. The van der Waals surface area contributed by atoms with Crippen LogP contribution in [0.15, 0.2) is 49.6 Å². The van der Waals surface area contributed by atoms with E-state index in [0.29, 0.717) is 0 Å². The second-order valence-electron chi connectivity index (χ2n) is 2.95. The highest BCUT2D eigenvalue weighted by Crippen LogP contribution is 2.17. The molecule has 1 aromatic rings. The molecule has 0 saturated heterocycles. The maximum Gasteiger partial charge on any atom is 0.0481 e. The molecule has 0 amide bonds. The Morgan fingerprint density at radius 1 is 1.31 bits per heavy atom. The van der Waals surface area contributed by atoms with E-state index in [1.54, 1.807) is 6.08 Å². The summed E-state index contributed by atoms with van der Waals surface area (Å²) in [4.78, 5) is 0. The molecule has 0 aliphatic carbocycles. The van der Waals surface area contributed by atoms with Crippen molar-refractivity contribution < 1.29 is 0 Å². The summed E-state index contributed by atoms with van der Waals surface area (Å²) < 4.78 is 0. The van der Waals surface area contributed by atoms with Crippen LogP contribution in [0, 0.1) is 0 Å². The molecule has 68 valence electrons. The molecule has 1 aromatic carbocycles. The molecule has 0 radical (unpaired) electrons. The van der Waals surface area contributed by atoms with E-state index in [9.17, 15) is 0 Å². The van der Waals surface area contributed by atoms with Gasteiger partial charge in [0.25, 0.3) is 0 Å². The third-order valence-corrected chi connectivity index (χ3v) is 2.03. The van der Waals surface area contributed by atoms with Gasteiger partial charge in [-0.2, -0.15) is 0 Å². The molecule has 1 nitrogen and oxygen atoms in total. The van der Waals surface area contributed by atoms with Crippen LogP contribution < -0.4 is 5.73 Å². The molecule has 13 heavy (non-hydrogen) atoms. The van der Waals surface area contributed by atoms with E-state index in [2.05, 4.69) is 19.2 Å². The van der Waals surface area contributed by atoms with Gasteiger partial charge in [0, 0.05) is 6.04 Å². The summed E-state index contributed by atoms with van der Waals surface area (Å²) in [5, 5.41) is 0. The van der Waals surface area contributed by atoms with E-state index < -0.39 is 0 Å². The smallest absolute Gasteiger partial charge is 0.0481 e. The Hall–Kier alpha value is -1.34. The van der Waals surface area contributed by atoms with Crippen LogP contribution in [0.2, 0.25) is 0 Å². The van der Waals surface area contributed by atoms with Crippen molar-refractivity contribution in [3.63, 3.8) is 0 Å². The lowest BCUT2D eigenvalue weighted by atomic mass is 9.99. The van der Waals surface area contributed by atoms with Gasteiger partial charge in [-0.05, 0) is 17.5 Å². The predicted octanol–water partition coefficient (Wildman–Crippen LogP) is 2.60. The zero-order valence-corrected chi connectivity index (χ0v) is 7.74. The van der Waals surface area contributed by atoms with Gasteiger partial charge < -0.3 is 5.73 Å². The third-order valence-electron chi connectivity index (χ3n) is 2.03. The van der Waals surface area contributed by atoms with Crippen molar-refractivity contribution >= 4 is 0 Å². The van der Waals surface area contributed by atoms with Crippen LogP contribution in [-0.2, 0) is 6.42 Å². The summed E-state index contributed by atoms with van der Waals surface area (Å²) in [6, 6.07) is 8.03. The molecule has 1 rings (SSSR count). The van der Waals surface area contributed by atoms with Gasteiger partial charge in [-0.25, -0.2) is 0 Å². The van der Waals surface area contributed by atoms with Gasteiger partial charge in [0.05, 0.1) is 0 Å². The van der Waals surface area contributed by atoms with Gasteiger partial charge >= 0.3 is 0 Å². The van der Waals surface area contributed by atoms with E-state index in [0.717, 1.165) is 12.0 Å². The van der Waals surface area contributed by atoms with Crippen LogP contribution in [0.25, 0.3) is 0 Å². The number of nitrogens with two attached hydrogens (primary N) is 1. The maximum absolute atomic E-state index is 5.87. The molecule has 1 unspecified atom stereocenters. The average Bonchev–Trinajstić information content (AvgIpc) is 2.18. The molecule has 0 spiro atoms. The Balaban J connectivity index is 3.02. The van der Waals surface area contributed by atoms with Crippen LogP contribution in [0.5, 0.6) is 0 Å². The van der Waals surface area contributed by atoms with Crippen LogP contribution >= 0.6 is 0 Å². The lowest BCUT2D eigenvalue weighted by molar-refractivity contribution is 0.895. The minimum Gasteiger partial charge on any atom is -0.321 e. The lowest BCUT2D eigenvalue weighted by Crippen LogP contribution is -2.09. The zero-order chi connectivity index (χ0) is 9.68. The molecule has 2 N–H and O–H groups in total. The summed E-state index contributed by atoms with van der Waals surface area (Å²) in [7, 11) is 0. The topological polar surface area (TPSA) is 26.0 Å². The molecule has 0 aliphatic heterocycles. The number of rotatable bonds is 4. The first-order chi connectivity index (χ1) is 6.29. The third kappa shape index (κ3) is 2.30. The fourth-order valence-electron chi connectivity index (χ4n) is 1.33. The molecule has 0 aromatic heterocycles. The van der Waals surface area contributed by atoms with Crippen molar-refractivity contribution in [1.82, 2.24) is 0 Å². The van der Waals surface area contributed by atoms with Crippen molar-refractivity contribution in [3.05, 3.63) is 60.7 Å². The SMILES string of the molecule is C=CCc1ccccc1C(N)C=C. The highest BCUT2D eigenvalue weighted by molar-refractivity contribution is 5.33. The summed E-state index contributed by atoms with van der Waals surface area (Å²) in [6.07, 6.45) is 4.49. The highest BCUT2D eigenvalue weighted by Gasteiger charge is 2.04. The second kappa shape index (κ2) is 4.63. The fourth-order valence-corrected chi connectivity index (χ4v) is 1.33. The minimum absolute atomic E-state index is 0.0730. The average molecular weight is 173 g/mol. The first-order valence-electron chi connectivity index (χ1n) is 4.36. The molecule has 0 fully saturated rings. The molecular weight excluding hydrogens is 158 g/mol. The van der Waals surface area contributed by atoms with Crippen LogP contribution in [0.3, 0.4) is 0 Å². The van der Waals surface area contributed by atoms with E-state index in [1.807, 2.05) is 24.3 Å². The molecule has 1 heteroatoms. The van der Waals surface area contributed by atoms with Gasteiger partial charge in [0.15, 0.2) is 0 Å². The normalized spacial score (nSPS) is 12.1.